The Morgan fingerprint density at radius 3 is 1.86 bits per heavy atom. The molecule has 10 rings (SSSR count). The molecule has 0 amide bonds. The van der Waals surface area contributed by atoms with Crippen molar-refractivity contribution in [3.8, 4) is 22.5 Å². The van der Waals surface area contributed by atoms with Crippen LogP contribution in [0.4, 0.5) is 0 Å². The monoisotopic (exact) mass is 578 g/mol. The highest BCUT2D eigenvalue weighted by molar-refractivity contribution is 7.25. The molecule has 3 aromatic heterocycles. The average molecular weight is 579 g/mol. The van der Waals surface area contributed by atoms with E-state index in [9.17, 15) is 0 Å². The average Bonchev–Trinajstić information content (AvgIpc) is 3.65. The van der Waals surface area contributed by atoms with E-state index in [2.05, 4.69) is 132 Å². The van der Waals surface area contributed by atoms with Crippen molar-refractivity contribution in [1.82, 2.24) is 9.97 Å². The topological polar surface area (TPSA) is 38.9 Å². The molecule has 0 radical (unpaired) electrons. The molecule has 0 aliphatic rings. The highest BCUT2D eigenvalue weighted by Crippen LogP contribution is 2.42. The van der Waals surface area contributed by atoms with Crippen molar-refractivity contribution in [2.24, 2.45) is 0 Å². The molecule has 4 heteroatoms. The molecule has 0 N–H and O–H groups in total. The fourth-order valence-electron chi connectivity index (χ4n) is 6.94. The second-order valence-electron chi connectivity index (χ2n) is 11.4. The maximum atomic E-state index is 6.69. The summed E-state index contributed by atoms with van der Waals surface area (Å²) < 4.78 is 9.24. The van der Waals surface area contributed by atoms with Crippen LogP contribution in [0.5, 0.6) is 0 Å². The summed E-state index contributed by atoms with van der Waals surface area (Å²) in [6.45, 7) is 0. The lowest BCUT2D eigenvalue weighted by Gasteiger charge is -2.10. The molecule has 204 valence electrons. The predicted molar refractivity (Wildman–Crippen MR) is 186 cm³/mol. The van der Waals surface area contributed by atoms with Crippen molar-refractivity contribution in [2.75, 3.05) is 0 Å². The highest BCUT2D eigenvalue weighted by atomic mass is 32.1. The van der Waals surface area contributed by atoms with Gasteiger partial charge in [0.1, 0.15) is 17.5 Å². The molecule has 10 aromatic rings. The Balaban J connectivity index is 1.17. The van der Waals surface area contributed by atoms with Crippen molar-refractivity contribution >= 4 is 85.8 Å². The van der Waals surface area contributed by atoms with Crippen molar-refractivity contribution < 1.29 is 4.42 Å². The highest BCUT2D eigenvalue weighted by Gasteiger charge is 2.17. The third kappa shape index (κ3) is 3.37. The summed E-state index contributed by atoms with van der Waals surface area (Å²) in [5, 5.41) is 12.2. The lowest BCUT2D eigenvalue weighted by atomic mass is 9.93. The van der Waals surface area contributed by atoms with Gasteiger partial charge in [-0.1, -0.05) is 91.0 Å². The van der Waals surface area contributed by atoms with Crippen LogP contribution in [0.15, 0.2) is 138 Å². The molecule has 0 aliphatic carbocycles. The van der Waals surface area contributed by atoms with Crippen LogP contribution in [-0.4, -0.2) is 9.97 Å². The molecular weight excluding hydrogens is 557 g/mol. The number of hydrogen-bond acceptors (Lipinski definition) is 4. The van der Waals surface area contributed by atoms with Gasteiger partial charge >= 0.3 is 0 Å². The van der Waals surface area contributed by atoms with Gasteiger partial charge in [0, 0.05) is 42.1 Å². The van der Waals surface area contributed by atoms with E-state index < -0.39 is 0 Å². The molecule has 0 unspecified atom stereocenters. The number of furan rings is 1. The minimum absolute atomic E-state index is 0.844. The minimum atomic E-state index is 0.844. The number of hydrogen-bond donors (Lipinski definition) is 0. The van der Waals surface area contributed by atoms with Crippen LogP contribution < -0.4 is 0 Å². The Bertz CT molecular complexity index is 2790. The van der Waals surface area contributed by atoms with Gasteiger partial charge in [0.05, 0.1) is 11.4 Å². The van der Waals surface area contributed by atoms with E-state index >= 15 is 0 Å². The first kappa shape index (κ1) is 23.9. The molecule has 0 aliphatic heterocycles. The zero-order chi connectivity index (χ0) is 28.8. The number of fused-ring (bicyclic) bond motifs is 12. The summed E-state index contributed by atoms with van der Waals surface area (Å²) in [5.41, 5.74) is 5.50. The lowest BCUT2D eigenvalue weighted by molar-refractivity contribution is 0.670. The van der Waals surface area contributed by atoms with Crippen LogP contribution in [0.25, 0.3) is 96.9 Å². The molecule has 0 atom stereocenters. The summed E-state index contributed by atoms with van der Waals surface area (Å²) in [6, 6.07) is 45.5. The molecule has 0 bridgehead atoms. The van der Waals surface area contributed by atoms with Gasteiger partial charge in [0.15, 0.2) is 0 Å². The normalized spacial score (nSPS) is 12.1. The van der Waals surface area contributed by atoms with Gasteiger partial charge in [-0.05, 0) is 68.7 Å². The summed E-state index contributed by atoms with van der Waals surface area (Å²) in [7, 11) is 0. The van der Waals surface area contributed by atoms with Crippen LogP contribution >= 0.6 is 11.3 Å². The van der Waals surface area contributed by atoms with Crippen molar-refractivity contribution in [1.29, 1.82) is 0 Å². The molecule has 0 spiro atoms. The van der Waals surface area contributed by atoms with Crippen LogP contribution in [0.1, 0.15) is 0 Å². The number of nitrogens with zero attached hydrogens (tertiary/aromatic N) is 2. The van der Waals surface area contributed by atoms with Crippen LogP contribution in [-0.2, 0) is 0 Å². The molecule has 0 fully saturated rings. The third-order valence-corrected chi connectivity index (χ3v) is 10.1. The smallest absolute Gasteiger partial charge is 0.144 e. The molecule has 7 aromatic carbocycles. The lowest BCUT2D eigenvalue weighted by Crippen LogP contribution is -1.89. The van der Waals surface area contributed by atoms with Gasteiger partial charge in [0.2, 0.25) is 0 Å². The van der Waals surface area contributed by atoms with E-state index in [1.54, 1.807) is 6.33 Å². The van der Waals surface area contributed by atoms with E-state index in [4.69, 9.17) is 9.40 Å². The number of para-hydroxylation sites is 1. The Morgan fingerprint density at radius 1 is 0.432 bits per heavy atom. The van der Waals surface area contributed by atoms with Gasteiger partial charge in [-0.3, -0.25) is 0 Å². The molecule has 3 heterocycles. The van der Waals surface area contributed by atoms with Crippen LogP contribution in [0.3, 0.4) is 0 Å². The van der Waals surface area contributed by atoms with Crippen molar-refractivity contribution in [3.05, 3.63) is 134 Å². The van der Waals surface area contributed by atoms with E-state index in [-0.39, 0.29) is 0 Å². The number of thiophene rings is 1. The minimum Gasteiger partial charge on any atom is -0.455 e. The SMILES string of the molecule is c1ccc2c(c1)sc1cc(-c3cc(-c4cccc5c4oc4cc6c7ccccc7c7ccccc7c6cc45)ncn3)ccc12. The predicted octanol–water partition coefficient (Wildman–Crippen LogP) is 11.5. The first-order valence-electron chi connectivity index (χ1n) is 14.7. The zero-order valence-electron chi connectivity index (χ0n) is 23.4. The standard InChI is InChI=1S/C40H22N2OS/c1-3-10-26-24(8-1)25-9-2-4-11-27(25)33-20-37-34(19-32(26)33)30-13-7-14-31(40(30)43-37)36-21-35(41-22-42-36)23-16-17-29-28-12-5-6-15-38(28)44-39(29)18-23/h1-22H. The van der Waals surface area contributed by atoms with Gasteiger partial charge in [0.25, 0.3) is 0 Å². The second kappa shape index (κ2) is 8.96. The van der Waals surface area contributed by atoms with E-state index in [0.717, 1.165) is 44.5 Å². The first-order chi connectivity index (χ1) is 21.8. The largest absolute Gasteiger partial charge is 0.455 e. The maximum Gasteiger partial charge on any atom is 0.144 e. The quantitative estimate of drug-likeness (QED) is 0.192. The number of aromatic nitrogens is 2. The fraction of sp³-hybridized carbons (Fsp3) is 0. The van der Waals surface area contributed by atoms with Gasteiger partial charge in [-0.15, -0.1) is 11.3 Å². The summed E-state index contributed by atoms with van der Waals surface area (Å²) in [4.78, 5) is 9.40. The van der Waals surface area contributed by atoms with Crippen LogP contribution in [0, 0.1) is 0 Å². The molecular formula is C40H22N2OS. The Hall–Kier alpha value is -5.58. The Labute approximate surface area is 255 Å². The van der Waals surface area contributed by atoms with E-state index in [1.165, 1.54) is 52.5 Å². The van der Waals surface area contributed by atoms with Crippen LogP contribution in [0.2, 0.25) is 0 Å². The fourth-order valence-corrected chi connectivity index (χ4v) is 8.09. The molecule has 0 saturated carbocycles. The first-order valence-corrected chi connectivity index (χ1v) is 15.5. The van der Waals surface area contributed by atoms with Gasteiger partial charge in [-0.25, -0.2) is 9.97 Å². The summed E-state index contributed by atoms with van der Waals surface area (Å²) in [6.07, 6.45) is 1.66. The Kier molecular flexibility index (Phi) is 4.87. The van der Waals surface area contributed by atoms with Crippen molar-refractivity contribution in [3.63, 3.8) is 0 Å². The third-order valence-electron chi connectivity index (χ3n) is 8.98. The Morgan fingerprint density at radius 2 is 1.07 bits per heavy atom. The van der Waals surface area contributed by atoms with E-state index in [0.29, 0.717) is 0 Å². The molecule has 44 heavy (non-hydrogen) atoms. The summed E-state index contributed by atoms with van der Waals surface area (Å²) >= 11 is 1.82. The summed E-state index contributed by atoms with van der Waals surface area (Å²) in [5.74, 6) is 0. The number of benzene rings is 7. The van der Waals surface area contributed by atoms with Gasteiger partial charge in [-0.2, -0.15) is 0 Å². The van der Waals surface area contributed by atoms with Crippen molar-refractivity contribution in [2.45, 2.75) is 0 Å². The maximum absolute atomic E-state index is 6.69. The second-order valence-corrected chi connectivity index (χ2v) is 12.5. The molecule has 0 saturated heterocycles. The zero-order valence-corrected chi connectivity index (χ0v) is 24.2. The van der Waals surface area contributed by atoms with E-state index in [1.807, 2.05) is 11.3 Å². The van der Waals surface area contributed by atoms with Gasteiger partial charge < -0.3 is 4.42 Å². The molecule has 3 nitrogen and oxygen atoms in total. The number of rotatable bonds is 2.